The van der Waals surface area contributed by atoms with Crippen LogP contribution < -0.4 is 5.32 Å². The van der Waals surface area contributed by atoms with Gasteiger partial charge in [-0.05, 0) is 40.3 Å². The predicted molar refractivity (Wildman–Crippen MR) is 71.1 cm³/mol. The molecule has 0 aliphatic carbocycles. The Morgan fingerprint density at radius 3 is 2.24 bits per heavy atom. The Bertz CT molecular complexity index is 227. The number of carbonyl (C=O) groups is 1. The largest absolute Gasteiger partial charge is 0.468 e. The Kier molecular flexibility index (Phi) is 7.39. The fraction of sp³-hybridized carbons (Fsp3) is 0.923. The summed E-state index contributed by atoms with van der Waals surface area (Å²) in [4.78, 5) is 14.2. The van der Waals surface area contributed by atoms with E-state index in [1.165, 1.54) is 7.11 Å². The molecule has 0 rings (SSSR count). The molecule has 0 bridgehead atoms. The highest BCUT2D eigenvalue weighted by molar-refractivity contribution is 5.80. The van der Waals surface area contributed by atoms with E-state index in [1.807, 2.05) is 20.8 Å². The highest BCUT2D eigenvalue weighted by Gasteiger charge is 2.34. The summed E-state index contributed by atoms with van der Waals surface area (Å²) in [5.74, 6) is -0.182. The average molecular weight is 244 g/mol. The quantitative estimate of drug-likeness (QED) is 0.659. The smallest absolute Gasteiger partial charge is 0.325 e. The Balaban J connectivity index is 4.53. The van der Waals surface area contributed by atoms with Crippen molar-refractivity contribution in [3.63, 3.8) is 0 Å². The lowest BCUT2D eigenvalue weighted by Crippen LogP contribution is -2.54. The summed E-state index contributed by atoms with van der Waals surface area (Å²) in [6.45, 7) is 13.2. The third-order valence-electron chi connectivity index (χ3n) is 3.07. The number of methoxy groups -OCH3 is 1. The molecule has 0 aromatic rings. The summed E-state index contributed by atoms with van der Waals surface area (Å²) in [6, 6.07) is 0.260. The average Bonchev–Trinajstić information content (AvgIpc) is 2.28. The predicted octanol–water partition coefficient (Wildman–Crippen LogP) is 1.65. The molecular formula is C13H28N2O2. The molecule has 0 heterocycles. The summed E-state index contributed by atoms with van der Waals surface area (Å²) in [7, 11) is 1.44. The molecule has 4 heteroatoms. The van der Waals surface area contributed by atoms with Crippen molar-refractivity contribution in [1.29, 1.82) is 0 Å². The molecule has 1 N–H and O–H groups in total. The fourth-order valence-corrected chi connectivity index (χ4v) is 2.02. The summed E-state index contributed by atoms with van der Waals surface area (Å²) in [6.07, 6.45) is 0.763. The van der Waals surface area contributed by atoms with E-state index in [0.29, 0.717) is 0 Å². The number of esters is 1. The lowest BCUT2D eigenvalue weighted by atomic mass is 9.96. The molecule has 0 aromatic heterocycles. The summed E-state index contributed by atoms with van der Waals surface area (Å²) >= 11 is 0. The lowest BCUT2D eigenvalue weighted by molar-refractivity contribution is -0.148. The van der Waals surface area contributed by atoms with Gasteiger partial charge in [0.15, 0.2) is 0 Å². The van der Waals surface area contributed by atoms with Crippen molar-refractivity contribution in [2.45, 2.75) is 52.6 Å². The Labute approximate surface area is 106 Å². The zero-order valence-electron chi connectivity index (χ0n) is 12.2. The number of hydrogen-bond acceptors (Lipinski definition) is 4. The zero-order chi connectivity index (χ0) is 13.5. The second-order valence-electron chi connectivity index (χ2n) is 4.90. The van der Waals surface area contributed by atoms with Crippen molar-refractivity contribution in [3.8, 4) is 0 Å². The van der Waals surface area contributed by atoms with Crippen LogP contribution in [0.25, 0.3) is 0 Å². The standard InChI is InChI=1S/C13H28N2O2/c1-7-15(8-2)10-9-13(5,12(16)17-6)14-11(3)4/h11,14H,7-10H2,1-6H3. The van der Waals surface area contributed by atoms with Gasteiger partial charge < -0.3 is 9.64 Å². The lowest BCUT2D eigenvalue weighted by Gasteiger charge is -2.32. The molecule has 0 spiro atoms. The van der Waals surface area contributed by atoms with Crippen molar-refractivity contribution in [2.24, 2.45) is 0 Å². The van der Waals surface area contributed by atoms with Gasteiger partial charge >= 0.3 is 5.97 Å². The van der Waals surface area contributed by atoms with Crippen LogP contribution in [0.4, 0.5) is 0 Å². The molecule has 17 heavy (non-hydrogen) atoms. The van der Waals surface area contributed by atoms with Gasteiger partial charge in [0.1, 0.15) is 5.54 Å². The number of nitrogens with zero attached hydrogens (tertiary/aromatic N) is 1. The molecule has 1 atom stereocenters. The Hall–Kier alpha value is -0.610. The van der Waals surface area contributed by atoms with Crippen LogP contribution in [0.5, 0.6) is 0 Å². The SMILES string of the molecule is CCN(CC)CCC(C)(NC(C)C)C(=O)OC. The van der Waals surface area contributed by atoms with Gasteiger partial charge in [-0.25, -0.2) is 0 Å². The van der Waals surface area contributed by atoms with Crippen molar-refractivity contribution >= 4 is 5.97 Å². The Morgan fingerprint density at radius 1 is 1.35 bits per heavy atom. The van der Waals surface area contributed by atoms with E-state index in [9.17, 15) is 4.79 Å². The van der Waals surface area contributed by atoms with E-state index in [-0.39, 0.29) is 12.0 Å². The van der Waals surface area contributed by atoms with Crippen LogP contribution in [0, 0.1) is 0 Å². The van der Waals surface area contributed by atoms with Gasteiger partial charge in [0.25, 0.3) is 0 Å². The Morgan fingerprint density at radius 2 is 1.88 bits per heavy atom. The van der Waals surface area contributed by atoms with Gasteiger partial charge in [-0.15, -0.1) is 0 Å². The van der Waals surface area contributed by atoms with E-state index < -0.39 is 5.54 Å². The molecule has 0 aromatic carbocycles. The number of hydrogen-bond donors (Lipinski definition) is 1. The van der Waals surface area contributed by atoms with Crippen LogP contribution >= 0.6 is 0 Å². The molecule has 0 fully saturated rings. The molecule has 0 amide bonds. The van der Waals surface area contributed by atoms with Crippen LogP contribution in [0.2, 0.25) is 0 Å². The number of carbonyl (C=O) groups excluding carboxylic acids is 1. The van der Waals surface area contributed by atoms with Crippen LogP contribution in [0.1, 0.15) is 41.0 Å². The van der Waals surface area contributed by atoms with Crippen molar-refractivity contribution in [2.75, 3.05) is 26.7 Å². The van der Waals surface area contributed by atoms with Crippen molar-refractivity contribution in [1.82, 2.24) is 10.2 Å². The number of rotatable bonds is 8. The minimum absolute atomic E-state index is 0.182. The first-order valence-electron chi connectivity index (χ1n) is 6.48. The molecule has 0 saturated carbocycles. The molecule has 0 aliphatic heterocycles. The molecule has 0 saturated heterocycles. The molecule has 0 aliphatic rings. The fourth-order valence-electron chi connectivity index (χ4n) is 2.02. The zero-order valence-corrected chi connectivity index (χ0v) is 12.2. The minimum atomic E-state index is -0.592. The van der Waals surface area contributed by atoms with Crippen molar-refractivity contribution < 1.29 is 9.53 Å². The van der Waals surface area contributed by atoms with Gasteiger partial charge in [-0.3, -0.25) is 10.1 Å². The topological polar surface area (TPSA) is 41.6 Å². The van der Waals surface area contributed by atoms with Crippen LogP contribution in [-0.2, 0) is 9.53 Å². The van der Waals surface area contributed by atoms with Crippen LogP contribution in [0.15, 0.2) is 0 Å². The highest BCUT2D eigenvalue weighted by Crippen LogP contribution is 2.14. The molecule has 102 valence electrons. The molecular weight excluding hydrogens is 216 g/mol. The van der Waals surface area contributed by atoms with E-state index >= 15 is 0 Å². The second kappa shape index (κ2) is 7.67. The molecule has 0 radical (unpaired) electrons. The van der Waals surface area contributed by atoms with Crippen molar-refractivity contribution in [3.05, 3.63) is 0 Å². The van der Waals surface area contributed by atoms with E-state index in [1.54, 1.807) is 0 Å². The minimum Gasteiger partial charge on any atom is -0.468 e. The third kappa shape index (κ3) is 5.50. The molecule has 1 unspecified atom stereocenters. The highest BCUT2D eigenvalue weighted by atomic mass is 16.5. The van der Waals surface area contributed by atoms with Gasteiger partial charge in [0.2, 0.25) is 0 Å². The second-order valence-corrected chi connectivity index (χ2v) is 4.90. The van der Waals surface area contributed by atoms with E-state index in [0.717, 1.165) is 26.1 Å². The first kappa shape index (κ1) is 16.4. The monoisotopic (exact) mass is 244 g/mol. The first-order valence-corrected chi connectivity index (χ1v) is 6.48. The maximum atomic E-state index is 11.9. The third-order valence-corrected chi connectivity index (χ3v) is 3.07. The van der Waals surface area contributed by atoms with E-state index in [4.69, 9.17) is 4.74 Å². The van der Waals surface area contributed by atoms with Crippen LogP contribution in [0.3, 0.4) is 0 Å². The first-order chi connectivity index (χ1) is 7.89. The van der Waals surface area contributed by atoms with Crippen LogP contribution in [-0.4, -0.2) is 49.2 Å². The normalized spacial score (nSPS) is 15.1. The summed E-state index contributed by atoms with van der Waals surface area (Å²) < 4.78 is 4.90. The van der Waals surface area contributed by atoms with Gasteiger partial charge in [0.05, 0.1) is 7.11 Å². The summed E-state index contributed by atoms with van der Waals surface area (Å²) in [5, 5.41) is 3.31. The van der Waals surface area contributed by atoms with Gasteiger partial charge in [0, 0.05) is 12.6 Å². The maximum absolute atomic E-state index is 11.9. The van der Waals surface area contributed by atoms with E-state index in [2.05, 4.69) is 24.1 Å². The number of ether oxygens (including phenoxy) is 1. The van der Waals surface area contributed by atoms with Gasteiger partial charge in [-0.1, -0.05) is 13.8 Å². The number of nitrogens with one attached hydrogen (secondary N) is 1. The van der Waals surface area contributed by atoms with Gasteiger partial charge in [-0.2, -0.15) is 0 Å². The molecule has 4 nitrogen and oxygen atoms in total. The summed E-state index contributed by atoms with van der Waals surface area (Å²) in [5.41, 5.74) is -0.592. The maximum Gasteiger partial charge on any atom is 0.325 e.